The van der Waals surface area contributed by atoms with Gasteiger partial charge in [-0.05, 0) is 12.8 Å². The summed E-state index contributed by atoms with van der Waals surface area (Å²) in [4.78, 5) is 0. The third-order valence-electron chi connectivity index (χ3n) is 6.07. The molecule has 0 atom stereocenters. The minimum atomic E-state index is 0. The summed E-state index contributed by atoms with van der Waals surface area (Å²) in [5.41, 5.74) is 1.46. The van der Waals surface area contributed by atoms with E-state index in [1.54, 1.807) is 0 Å². The summed E-state index contributed by atoms with van der Waals surface area (Å²) in [5, 5.41) is 0. The van der Waals surface area contributed by atoms with Gasteiger partial charge in [0, 0.05) is 5.56 Å². The molecule has 29 heavy (non-hydrogen) atoms. The maximum absolute atomic E-state index is 2.37. The molecule has 1 rings (SSSR count). The first-order valence-electron chi connectivity index (χ1n) is 12.5. The predicted octanol–water partition coefficient (Wildman–Crippen LogP) is 5.53. The Balaban J connectivity index is 0.00000784. The van der Waals surface area contributed by atoms with Crippen molar-refractivity contribution >= 4 is 0 Å². The molecule has 0 aromatic heterocycles. The highest BCUT2D eigenvalue weighted by molar-refractivity contribution is 5.13. The quantitative estimate of drug-likeness (QED) is 0.209. The van der Waals surface area contributed by atoms with Gasteiger partial charge in [-0.25, -0.2) is 0 Å². The molecule has 1 aromatic carbocycles. The van der Waals surface area contributed by atoms with Crippen LogP contribution in [0.15, 0.2) is 30.3 Å². The smallest absolute Gasteiger partial charge is 0.104 e. The zero-order valence-corrected chi connectivity index (χ0v) is 19.9. The van der Waals surface area contributed by atoms with Crippen molar-refractivity contribution in [2.45, 2.75) is 116 Å². The summed E-state index contributed by atoms with van der Waals surface area (Å²) < 4.78 is 1.11. The van der Waals surface area contributed by atoms with E-state index in [0.29, 0.717) is 0 Å². The number of rotatable bonds is 19. The average Bonchev–Trinajstić information content (AvgIpc) is 2.68. The fourth-order valence-electron chi connectivity index (χ4n) is 4.24. The normalized spacial score (nSPS) is 11.4. The number of benzene rings is 1. The molecular weight excluding hydrogens is 357 g/mol. The minimum absolute atomic E-state index is 0. The van der Waals surface area contributed by atoms with Crippen LogP contribution in [0.5, 0.6) is 0 Å². The van der Waals surface area contributed by atoms with Crippen molar-refractivity contribution in [2.75, 3.05) is 20.6 Å². The Morgan fingerprint density at radius 2 is 0.931 bits per heavy atom. The van der Waals surface area contributed by atoms with Gasteiger partial charge in [0.2, 0.25) is 0 Å². The molecule has 170 valence electrons. The van der Waals surface area contributed by atoms with Gasteiger partial charge in [-0.2, -0.15) is 0 Å². The first kappa shape index (κ1) is 28.1. The molecule has 0 bridgehead atoms. The predicted molar refractivity (Wildman–Crippen MR) is 127 cm³/mol. The van der Waals surface area contributed by atoms with E-state index >= 15 is 0 Å². The number of quaternary nitrogens is 1. The Kier molecular flexibility index (Phi) is 18.5. The van der Waals surface area contributed by atoms with Gasteiger partial charge in [-0.1, -0.05) is 127 Å². The number of nitrogens with zero attached hydrogens (tertiary/aromatic N) is 1. The lowest BCUT2D eigenvalue weighted by molar-refractivity contribution is -0.903. The van der Waals surface area contributed by atoms with Gasteiger partial charge in [0.1, 0.15) is 6.54 Å². The van der Waals surface area contributed by atoms with Crippen molar-refractivity contribution in [1.29, 1.82) is 0 Å². The molecule has 0 aliphatic rings. The van der Waals surface area contributed by atoms with E-state index in [2.05, 4.69) is 51.4 Å². The molecule has 0 radical (unpaired) electrons. The van der Waals surface area contributed by atoms with Crippen LogP contribution in [0.25, 0.3) is 0 Å². The van der Waals surface area contributed by atoms with Crippen LogP contribution < -0.4 is 4.70 Å². The average molecular weight is 408 g/mol. The first-order chi connectivity index (χ1) is 13.6. The number of hydrogen-bond acceptors (Lipinski definition) is 0. The third-order valence-corrected chi connectivity index (χ3v) is 6.07. The highest BCUT2D eigenvalue weighted by atomic mass is 19.0. The summed E-state index contributed by atoms with van der Waals surface area (Å²) >= 11 is 0. The van der Waals surface area contributed by atoms with Crippen LogP contribution in [0.1, 0.15) is 115 Å². The fraction of sp³-hybridized carbons (Fsp3) is 0.778. The lowest BCUT2D eigenvalue weighted by atomic mass is 10.0. The molecule has 1 nitrogen and oxygen atoms in total. The van der Waals surface area contributed by atoms with Crippen LogP contribution in [-0.2, 0) is 6.54 Å². The van der Waals surface area contributed by atoms with E-state index in [0.717, 1.165) is 11.0 Å². The van der Waals surface area contributed by atoms with Crippen molar-refractivity contribution in [3.8, 4) is 0 Å². The second-order valence-electron chi connectivity index (χ2n) is 9.61. The number of hydrogen-bond donors (Lipinski definition) is 0. The second kappa shape index (κ2) is 19.1. The molecular formula is C27H50FN. The molecule has 2 heteroatoms. The number of unbranched alkanes of at least 4 members (excludes halogenated alkanes) is 15. The molecule has 0 N–H and O–H groups in total. The van der Waals surface area contributed by atoms with Crippen LogP contribution in [0, 0.1) is 0 Å². The lowest BCUT2D eigenvalue weighted by Gasteiger charge is -2.30. The van der Waals surface area contributed by atoms with Crippen molar-refractivity contribution in [2.24, 2.45) is 0 Å². The monoisotopic (exact) mass is 407 g/mol. The van der Waals surface area contributed by atoms with E-state index in [9.17, 15) is 0 Å². The lowest BCUT2D eigenvalue weighted by Crippen LogP contribution is -3.00. The molecule has 1 aromatic rings. The highest BCUT2D eigenvalue weighted by Crippen LogP contribution is 2.15. The Morgan fingerprint density at radius 1 is 0.552 bits per heavy atom. The van der Waals surface area contributed by atoms with E-state index < -0.39 is 0 Å². The van der Waals surface area contributed by atoms with Gasteiger partial charge in [0.15, 0.2) is 0 Å². The molecule has 0 saturated heterocycles. The van der Waals surface area contributed by atoms with Crippen LogP contribution in [-0.4, -0.2) is 25.1 Å². The van der Waals surface area contributed by atoms with Crippen LogP contribution in [0.2, 0.25) is 0 Å². The van der Waals surface area contributed by atoms with E-state index in [1.165, 1.54) is 115 Å². The van der Waals surface area contributed by atoms with Gasteiger partial charge in [0.25, 0.3) is 0 Å². The van der Waals surface area contributed by atoms with E-state index in [1.807, 2.05) is 0 Å². The van der Waals surface area contributed by atoms with Gasteiger partial charge in [-0.15, -0.1) is 0 Å². The fourth-order valence-corrected chi connectivity index (χ4v) is 4.24. The Labute approximate surface area is 182 Å². The zero-order valence-electron chi connectivity index (χ0n) is 19.9. The molecule has 0 spiro atoms. The van der Waals surface area contributed by atoms with Crippen LogP contribution in [0.3, 0.4) is 0 Å². The molecule has 0 fully saturated rings. The topological polar surface area (TPSA) is 0 Å². The van der Waals surface area contributed by atoms with Gasteiger partial charge < -0.3 is 9.19 Å². The zero-order chi connectivity index (χ0) is 20.3. The van der Waals surface area contributed by atoms with E-state index in [4.69, 9.17) is 0 Å². The summed E-state index contributed by atoms with van der Waals surface area (Å²) in [6, 6.07) is 10.9. The van der Waals surface area contributed by atoms with E-state index in [-0.39, 0.29) is 4.70 Å². The maximum Gasteiger partial charge on any atom is 0.104 e. The Bertz CT molecular complexity index is 443. The highest BCUT2D eigenvalue weighted by Gasteiger charge is 2.14. The van der Waals surface area contributed by atoms with Gasteiger partial charge >= 0.3 is 0 Å². The van der Waals surface area contributed by atoms with Crippen molar-refractivity contribution in [3.05, 3.63) is 35.9 Å². The molecule has 0 amide bonds. The Hall–Kier alpha value is -0.890. The Morgan fingerprint density at radius 3 is 1.34 bits per heavy atom. The van der Waals surface area contributed by atoms with Gasteiger partial charge in [-0.3, -0.25) is 0 Å². The third kappa shape index (κ3) is 17.7. The second-order valence-corrected chi connectivity index (χ2v) is 9.61. The summed E-state index contributed by atoms with van der Waals surface area (Å²) in [5.74, 6) is 0. The SMILES string of the molecule is CCCCCCCCCCCCCCCCCC[N+](C)(C)Cc1ccccc1.[F-]. The maximum atomic E-state index is 2.37. The molecule has 0 unspecified atom stereocenters. The molecule has 0 aliphatic heterocycles. The first-order valence-corrected chi connectivity index (χ1v) is 12.5. The van der Waals surface area contributed by atoms with Crippen molar-refractivity contribution in [1.82, 2.24) is 0 Å². The summed E-state index contributed by atoms with van der Waals surface area (Å²) in [6.07, 6.45) is 23.2. The molecule has 0 aliphatic carbocycles. The standard InChI is InChI=1S/C27H50N.FH/c1-4-5-6-7-8-9-10-11-12-13-14-15-16-17-18-22-25-28(2,3)26-27-23-20-19-21-24-27;/h19-21,23-24H,4-18,22,25-26H2,1-3H3;1H/q+1;/p-1. The molecule has 0 heterocycles. The van der Waals surface area contributed by atoms with Gasteiger partial charge in [0.05, 0.1) is 20.6 Å². The van der Waals surface area contributed by atoms with Crippen molar-refractivity contribution in [3.63, 3.8) is 0 Å². The summed E-state index contributed by atoms with van der Waals surface area (Å²) in [6.45, 7) is 4.75. The van der Waals surface area contributed by atoms with Crippen molar-refractivity contribution < 1.29 is 9.19 Å². The summed E-state index contributed by atoms with van der Waals surface area (Å²) in [7, 11) is 4.75. The number of halogens is 1. The minimum Gasteiger partial charge on any atom is -1.00 e. The largest absolute Gasteiger partial charge is 1.00 e. The molecule has 0 saturated carbocycles. The van der Waals surface area contributed by atoms with Crippen LogP contribution in [0.4, 0.5) is 0 Å². The van der Waals surface area contributed by atoms with Crippen LogP contribution >= 0.6 is 0 Å².